The zero-order valence-electron chi connectivity index (χ0n) is 25.0. The molecule has 6 nitrogen and oxygen atoms in total. The number of aliphatic carboxylic acids is 1. The highest BCUT2D eigenvalue weighted by molar-refractivity contribution is 5.71. The normalized spacial score (nSPS) is 42.0. The molecule has 0 aromatic carbocycles. The molecule has 3 N–H and O–H groups in total. The molecule has 0 aromatic rings. The van der Waals surface area contributed by atoms with Crippen LogP contribution in [0.4, 0.5) is 0 Å². The van der Waals surface area contributed by atoms with E-state index in [-0.39, 0.29) is 41.3 Å². The van der Waals surface area contributed by atoms with Crippen LogP contribution in [0.15, 0.2) is 35.5 Å². The standard InChI is InChI=1S/C33H50O6/c1-19(2)20(3)9-10-22(29(37)38)28-25(36)17-33(8)24-11-12-26-30(5,23(24)13-16-32(28,33)7)15-14-27(39-21(4)35)31(26,6)18-34/h11,13,19,22,25-28,34,36H,3,9-10,12,14-18H2,1-2,4-8H3,(H,37,38)/t22-,25-,26-,27+,28+,30-,31-,32-,33+/m1/s1. The van der Waals surface area contributed by atoms with Crippen LogP contribution >= 0.6 is 0 Å². The largest absolute Gasteiger partial charge is 0.481 e. The van der Waals surface area contributed by atoms with Gasteiger partial charge in [0.2, 0.25) is 0 Å². The first-order valence-corrected chi connectivity index (χ1v) is 14.8. The summed E-state index contributed by atoms with van der Waals surface area (Å²) in [5.41, 5.74) is 2.06. The summed E-state index contributed by atoms with van der Waals surface area (Å²) < 4.78 is 5.73. The molecule has 0 radical (unpaired) electrons. The van der Waals surface area contributed by atoms with E-state index in [0.717, 1.165) is 18.4 Å². The number of hydrogen-bond donors (Lipinski definition) is 3. The number of aliphatic hydroxyl groups excluding tert-OH is 2. The second-order valence-electron chi connectivity index (χ2n) is 14.3. The maximum atomic E-state index is 12.6. The molecule has 4 rings (SSSR count). The number of carboxylic acid groups (broad SMARTS) is 1. The SMILES string of the molecule is C=C(CC[C@@H](C(=O)O)[C@H]1[C@H](O)C[C@@]2(C)C3=CC[C@H]4[C@@](C)(CO)[C@@H](OC(C)=O)CC[C@]4(C)C3=CC[C@]12C)C(C)C. The summed E-state index contributed by atoms with van der Waals surface area (Å²) in [6.45, 7) is 18.5. The fourth-order valence-corrected chi connectivity index (χ4v) is 9.33. The van der Waals surface area contributed by atoms with E-state index in [1.807, 2.05) is 0 Å². The number of ether oxygens (including phenoxy) is 1. The van der Waals surface area contributed by atoms with Crippen LogP contribution in [0.3, 0.4) is 0 Å². The maximum Gasteiger partial charge on any atom is 0.306 e. The predicted octanol–water partition coefficient (Wildman–Crippen LogP) is 6.08. The van der Waals surface area contributed by atoms with E-state index in [2.05, 4.69) is 60.3 Å². The number of esters is 1. The number of rotatable bonds is 8. The summed E-state index contributed by atoms with van der Waals surface area (Å²) in [6, 6.07) is 0. The van der Waals surface area contributed by atoms with Crippen molar-refractivity contribution >= 4 is 11.9 Å². The molecular weight excluding hydrogens is 492 g/mol. The van der Waals surface area contributed by atoms with Gasteiger partial charge in [0.25, 0.3) is 0 Å². The first-order valence-electron chi connectivity index (χ1n) is 14.8. The molecule has 218 valence electrons. The first-order chi connectivity index (χ1) is 18.1. The van der Waals surface area contributed by atoms with Gasteiger partial charge < -0.3 is 20.1 Å². The molecule has 0 spiro atoms. The van der Waals surface area contributed by atoms with Gasteiger partial charge in [-0.15, -0.1) is 0 Å². The lowest BCUT2D eigenvalue weighted by molar-refractivity contribution is -0.173. The van der Waals surface area contributed by atoms with Gasteiger partial charge in [-0.05, 0) is 78.8 Å². The van der Waals surface area contributed by atoms with Gasteiger partial charge in [-0.1, -0.05) is 65.8 Å². The van der Waals surface area contributed by atoms with E-state index in [4.69, 9.17) is 4.74 Å². The summed E-state index contributed by atoms with van der Waals surface area (Å²) in [6.07, 6.45) is 8.27. The van der Waals surface area contributed by atoms with Crippen molar-refractivity contribution in [2.45, 2.75) is 106 Å². The molecule has 0 unspecified atom stereocenters. The number of carboxylic acids is 1. The summed E-state index contributed by atoms with van der Waals surface area (Å²) in [5.74, 6) is -1.73. The highest BCUT2D eigenvalue weighted by Gasteiger charge is 2.67. The zero-order chi connectivity index (χ0) is 29.1. The highest BCUT2D eigenvalue weighted by Crippen LogP contribution is 2.72. The minimum Gasteiger partial charge on any atom is -0.481 e. The molecular formula is C33H50O6. The van der Waals surface area contributed by atoms with Crippen LogP contribution in [-0.2, 0) is 14.3 Å². The minimum atomic E-state index is -0.831. The number of carbonyl (C=O) groups is 2. The number of hydrogen-bond acceptors (Lipinski definition) is 5. The number of carbonyl (C=O) groups excluding carboxylic acids is 1. The van der Waals surface area contributed by atoms with Gasteiger partial charge in [0, 0.05) is 23.7 Å². The summed E-state index contributed by atoms with van der Waals surface area (Å²) in [4.78, 5) is 24.5. The van der Waals surface area contributed by atoms with Crippen molar-refractivity contribution in [1.29, 1.82) is 0 Å². The topological polar surface area (TPSA) is 104 Å². The van der Waals surface area contributed by atoms with Crippen molar-refractivity contribution in [1.82, 2.24) is 0 Å². The Labute approximate surface area is 234 Å². The third-order valence-corrected chi connectivity index (χ3v) is 12.0. The smallest absolute Gasteiger partial charge is 0.306 e. The second kappa shape index (κ2) is 10.2. The molecule has 0 heterocycles. The zero-order valence-corrected chi connectivity index (χ0v) is 25.0. The van der Waals surface area contributed by atoms with Gasteiger partial charge in [0.15, 0.2) is 0 Å². The van der Waals surface area contributed by atoms with E-state index in [0.29, 0.717) is 38.0 Å². The van der Waals surface area contributed by atoms with Gasteiger partial charge in [-0.2, -0.15) is 0 Å². The Hall–Kier alpha value is -1.92. The van der Waals surface area contributed by atoms with Crippen molar-refractivity contribution in [3.8, 4) is 0 Å². The van der Waals surface area contributed by atoms with Crippen molar-refractivity contribution < 1.29 is 29.6 Å². The summed E-state index contributed by atoms with van der Waals surface area (Å²) in [7, 11) is 0. The molecule has 39 heavy (non-hydrogen) atoms. The summed E-state index contributed by atoms with van der Waals surface area (Å²) in [5, 5.41) is 32.5. The molecule has 4 aliphatic carbocycles. The van der Waals surface area contributed by atoms with Gasteiger partial charge in [-0.25, -0.2) is 0 Å². The van der Waals surface area contributed by atoms with Crippen LogP contribution in [0.2, 0.25) is 0 Å². The third kappa shape index (κ3) is 4.45. The van der Waals surface area contributed by atoms with Crippen LogP contribution < -0.4 is 0 Å². The third-order valence-electron chi connectivity index (χ3n) is 12.0. The van der Waals surface area contributed by atoms with Crippen LogP contribution in [0.25, 0.3) is 0 Å². The van der Waals surface area contributed by atoms with Crippen molar-refractivity contribution in [2.75, 3.05) is 6.61 Å². The average Bonchev–Trinajstić information content (AvgIpc) is 3.06. The number of aliphatic hydroxyl groups is 2. The Morgan fingerprint density at radius 1 is 1.15 bits per heavy atom. The number of fused-ring (bicyclic) bond motifs is 5. The molecule has 0 saturated heterocycles. The molecule has 0 aliphatic heterocycles. The fraction of sp³-hybridized carbons (Fsp3) is 0.758. The predicted molar refractivity (Wildman–Crippen MR) is 152 cm³/mol. The molecule has 9 atom stereocenters. The Morgan fingerprint density at radius 2 is 1.82 bits per heavy atom. The van der Waals surface area contributed by atoms with Crippen LogP contribution in [0.1, 0.15) is 93.4 Å². The van der Waals surface area contributed by atoms with E-state index in [1.165, 1.54) is 18.1 Å². The van der Waals surface area contributed by atoms with Gasteiger partial charge >= 0.3 is 11.9 Å². The Bertz CT molecular complexity index is 1090. The Morgan fingerprint density at radius 3 is 2.38 bits per heavy atom. The van der Waals surface area contributed by atoms with Gasteiger partial charge in [0.1, 0.15) is 6.10 Å². The average molecular weight is 543 g/mol. The first kappa shape index (κ1) is 30.0. The molecule has 2 fully saturated rings. The molecule has 0 aromatic heterocycles. The highest BCUT2D eigenvalue weighted by atomic mass is 16.5. The van der Waals surface area contributed by atoms with Crippen molar-refractivity contribution in [2.24, 2.45) is 45.3 Å². The molecule has 6 heteroatoms. The molecule has 4 aliphatic rings. The monoisotopic (exact) mass is 542 g/mol. The van der Waals surface area contributed by atoms with Crippen LogP contribution in [-0.4, -0.2) is 46.1 Å². The minimum absolute atomic E-state index is 0.0562. The lowest BCUT2D eigenvalue weighted by Gasteiger charge is -2.61. The number of allylic oxidation sites excluding steroid dienone is 5. The second-order valence-corrected chi connectivity index (χ2v) is 14.3. The molecule has 0 bridgehead atoms. The lowest BCUT2D eigenvalue weighted by atomic mass is 9.44. The van der Waals surface area contributed by atoms with Crippen LogP contribution in [0.5, 0.6) is 0 Å². The fourth-order valence-electron chi connectivity index (χ4n) is 9.33. The van der Waals surface area contributed by atoms with Gasteiger partial charge in [0.05, 0.1) is 18.6 Å². The van der Waals surface area contributed by atoms with E-state index in [9.17, 15) is 24.9 Å². The quantitative estimate of drug-likeness (QED) is 0.254. The van der Waals surface area contributed by atoms with E-state index < -0.39 is 28.8 Å². The molecule has 2 saturated carbocycles. The van der Waals surface area contributed by atoms with Crippen molar-refractivity contribution in [3.63, 3.8) is 0 Å². The lowest BCUT2D eigenvalue weighted by Crippen LogP contribution is -2.57. The summed E-state index contributed by atoms with van der Waals surface area (Å²) >= 11 is 0. The van der Waals surface area contributed by atoms with Crippen LogP contribution in [0, 0.1) is 45.3 Å². The van der Waals surface area contributed by atoms with Gasteiger partial charge in [-0.3, -0.25) is 9.59 Å². The van der Waals surface area contributed by atoms with E-state index in [1.54, 1.807) is 0 Å². The van der Waals surface area contributed by atoms with E-state index >= 15 is 0 Å². The maximum absolute atomic E-state index is 12.6. The Kier molecular flexibility index (Phi) is 7.83. The van der Waals surface area contributed by atoms with Crippen molar-refractivity contribution in [3.05, 3.63) is 35.5 Å². The Balaban J connectivity index is 1.72. The molecule has 0 amide bonds.